The van der Waals surface area contributed by atoms with E-state index in [-0.39, 0.29) is 11.5 Å². The van der Waals surface area contributed by atoms with Gasteiger partial charge in [0.2, 0.25) is 0 Å². The predicted octanol–water partition coefficient (Wildman–Crippen LogP) is 1.98. The van der Waals surface area contributed by atoms with Crippen LogP contribution in [0.1, 0.15) is 38.8 Å². The molecule has 0 spiro atoms. The standard InChI is InChI=1S/C13H24N2O2S/c1-4-9-18(16,17)10-8-15-7-6-13(11-15)12(3)14-5-2/h6-7,11-12,14H,4-5,8-10H2,1-3H3. The van der Waals surface area contributed by atoms with E-state index in [4.69, 9.17) is 0 Å². The Morgan fingerprint density at radius 3 is 2.67 bits per heavy atom. The van der Waals surface area contributed by atoms with Gasteiger partial charge in [0.1, 0.15) is 0 Å². The zero-order valence-electron chi connectivity index (χ0n) is 11.5. The van der Waals surface area contributed by atoms with Crippen LogP contribution in [0, 0.1) is 0 Å². The van der Waals surface area contributed by atoms with Crippen LogP contribution >= 0.6 is 0 Å². The number of nitrogens with one attached hydrogen (secondary N) is 1. The molecule has 0 aliphatic heterocycles. The predicted molar refractivity (Wildman–Crippen MR) is 75.5 cm³/mol. The molecule has 0 radical (unpaired) electrons. The zero-order chi connectivity index (χ0) is 13.6. The van der Waals surface area contributed by atoms with Crippen LogP contribution in [0.15, 0.2) is 18.5 Å². The SMILES string of the molecule is CCCS(=O)(=O)CCn1ccc(C(C)NCC)c1. The molecule has 1 heterocycles. The number of aromatic nitrogens is 1. The Morgan fingerprint density at radius 1 is 1.33 bits per heavy atom. The zero-order valence-corrected chi connectivity index (χ0v) is 12.3. The summed E-state index contributed by atoms with van der Waals surface area (Å²) < 4.78 is 25.2. The molecule has 1 N–H and O–H groups in total. The smallest absolute Gasteiger partial charge is 0.152 e. The summed E-state index contributed by atoms with van der Waals surface area (Å²) in [6, 6.07) is 2.35. The van der Waals surface area contributed by atoms with Crippen molar-refractivity contribution in [1.29, 1.82) is 0 Å². The van der Waals surface area contributed by atoms with Gasteiger partial charge >= 0.3 is 0 Å². The monoisotopic (exact) mass is 272 g/mol. The number of aryl methyl sites for hydroxylation is 1. The molecule has 0 saturated heterocycles. The van der Waals surface area contributed by atoms with Gasteiger partial charge in [0.25, 0.3) is 0 Å². The second-order valence-corrected chi connectivity index (χ2v) is 6.92. The first kappa shape index (κ1) is 15.2. The lowest BCUT2D eigenvalue weighted by atomic mass is 10.2. The molecule has 1 aromatic heterocycles. The van der Waals surface area contributed by atoms with Gasteiger partial charge < -0.3 is 9.88 Å². The van der Waals surface area contributed by atoms with E-state index in [1.54, 1.807) is 0 Å². The molecule has 1 unspecified atom stereocenters. The van der Waals surface area contributed by atoms with Gasteiger partial charge in [-0.3, -0.25) is 0 Å². The second-order valence-electron chi connectivity index (χ2n) is 4.61. The molecule has 0 fully saturated rings. The fraction of sp³-hybridized carbons (Fsp3) is 0.692. The minimum atomic E-state index is -2.89. The molecular weight excluding hydrogens is 248 g/mol. The average molecular weight is 272 g/mol. The van der Waals surface area contributed by atoms with E-state index in [1.807, 2.05) is 30.0 Å². The molecule has 18 heavy (non-hydrogen) atoms. The van der Waals surface area contributed by atoms with Crippen molar-refractivity contribution in [2.24, 2.45) is 0 Å². The van der Waals surface area contributed by atoms with Gasteiger partial charge in [-0.25, -0.2) is 8.42 Å². The number of nitrogens with zero attached hydrogens (tertiary/aromatic N) is 1. The highest BCUT2D eigenvalue weighted by molar-refractivity contribution is 7.91. The summed E-state index contributed by atoms with van der Waals surface area (Å²) in [7, 11) is -2.89. The number of hydrogen-bond donors (Lipinski definition) is 1. The highest BCUT2D eigenvalue weighted by atomic mass is 32.2. The molecule has 1 rings (SSSR count). The molecule has 104 valence electrons. The molecule has 5 heteroatoms. The Bertz CT molecular complexity index is 451. The molecule has 0 aromatic carbocycles. The molecular formula is C13H24N2O2S. The van der Waals surface area contributed by atoms with Crippen LogP contribution in [-0.4, -0.2) is 31.0 Å². The third-order valence-electron chi connectivity index (χ3n) is 2.96. The fourth-order valence-electron chi connectivity index (χ4n) is 1.94. The first-order chi connectivity index (χ1) is 8.48. The van der Waals surface area contributed by atoms with E-state index in [9.17, 15) is 8.42 Å². The molecule has 0 aliphatic rings. The van der Waals surface area contributed by atoms with Crippen molar-refractivity contribution in [2.45, 2.75) is 39.8 Å². The van der Waals surface area contributed by atoms with Crippen LogP contribution < -0.4 is 5.32 Å². The summed E-state index contributed by atoms with van der Waals surface area (Å²) in [4.78, 5) is 0. The summed E-state index contributed by atoms with van der Waals surface area (Å²) >= 11 is 0. The summed E-state index contributed by atoms with van der Waals surface area (Å²) in [6.07, 6.45) is 4.66. The molecule has 0 aliphatic carbocycles. The highest BCUT2D eigenvalue weighted by Crippen LogP contribution is 2.12. The minimum absolute atomic E-state index is 0.227. The average Bonchev–Trinajstić information content (AvgIpc) is 2.75. The van der Waals surface area contributed by atoms with Crippen LogP contribution in [-0.2, 0) is 16.4 Å². The number of sulfone groups is 1. The van der Waals surface area contributed by atoms with Gasteiger partial charge in [0, 0.05) is 30.7 Å². The molecule has 0 amide bonds. The van der Waals surface area contributed by atoms with Crippen molar-refractivity contribution in [2.75, 3.05) is 18.1 Å². The maximum atomic E-state index is 11.6. The number of hydrogen-bond acceptors (Lipinski definition) is 3. The Kier molecular flexibility index (Phi) is 5.88. The second kappa shape index (κ2) is 6.95. The quantitative estimate of drug-likeness (QED) is 0.787. The van der Waals surface area contributed by atoms with E-state index < -0.39 is 9.84 Å². The summed E-state index contributed by atoms with van der Waals surface area (Å²) in [6.45, 7) is 7.55. The lowest BCUT2D eigenvalue weighted by Crippen LogP contribution is -2.17. The largest absolute Gasteiger partial charge is 0.353 e. The van der Waals surface area contributed by atoms with Gasteiger partial charge in [-0.2, -0.15) is 0 Å². The van der Waals surface area contributed by atoms with Crippen molar-refractivity contribution in [1.82, 2.24) is 9.88 Å². The maximum absolute atomic E-state index is 11.6. The van der Waals surface area contributed by atoms with E-state index in [0.29, 0.717) is 19.0 Å². The Morgan fingerprint density at radius 2 is 2.06 bits per heavy atom. The van der Waals surface area contributed by atoms with Gasteiger partial charge in [0.05, 0.1) is 5.75 Å². The molecule has 0 bridgehead atoms. The molecule has 0 saturated carbocycles. The topological polar surface area (TPSA) is 51.1 Å². The van der Waals surface area contributed by atoms with Crippen LogP contribution in [0.5, 0.6) is 0 Å². The van der Waals surface area contributed by atoms with E-state index >= 15 is 0 Å². The van der Waals surface area contributed by atoms with Crippen molar-refractivity contribution >= 4 is 9.84 Å². The van der Waals surface area contributed by atoms with Crippen molar-refractivity contribution in [3.05, 3.63) is 24.0 Å². The lowest BCUT2D eigenvalue weighted by Gasteiger charge is -2.10. The Hall–Kier alpha value is -0.810. The third kappa shape index (κ3) is 4.82. The first-order valence-electron chi connectivity index (χ1n) is 6.58. The summed E-state index contributed by atoms with van der Waals surface area (Å²) in [5.74, 6) is 0.513. The lowest BCUT2D eigenvalue weighted by molar-refractivity contribution is 0.585. The van der Waals surface area contributed by atoms with Crippen molar-refractivity contribution < 1.29 is 8.42 Å². The van der Waals surface area contributed by atoms with Crippen LogP contribution in [0.3, 0.4) is 0 Å². The highest BCUT2D eigenvalue weighted by Gasteiger charge is 2.10. The van der Waals surface area contributed by atoms with Gasteiger partial charge in [-0.05, 0) is 31.5 Å². The van der Waals surface area contributed by atoms with E-state index in [0.717, 1.165) is 6.54 Å². The van der Waals surface area contributed by atoms with Crippen LogP contribution in [0.25, 0.3) is 0 Å². The molecule has 4 nitrogen and oxygen atoms in total. The molecule has 1 atom stereocenters. The Balaban J connectivity index is 2.54. The Labute approximate surface area is 110 Å². The van der Waals surface area contributed by atoms with Crippen molar-refractivity contribution in [3.63, 3.8) is 0 Å². The van der Waals surface area contributed by atoms with Gasteiger partial charge in [-0.15, -0.1) is 0 Å². The summed E-state index contributed by atoms with van der Waals surface area (Å²) in [5.41, 5.74) is 1.20. The van der Waals surface area contributed by atoms with Gasteiger partial charge in [-0.1, -0.05) is 13.8 Å². The fourth-order valence-corrected chi connectivity index (χ4v) is 3.25. The van der Waals surface area contributed by atoms with E-state index in [1.165, 1.54) is 5.56 Å². The van der Waals surface area contributed by atoms with Crippen LogP contribution in [0.2, 0.25) is 0 Å². The normalized spacial score (nSPS) is 13.7. The van der Waals surface area contributed by atoms with Crippen molar-refractivity contribution in [3.8, 4) is 0 Å². The molecule has 1 aromatic rings. The number of rotatable bonds is 8. The third-order valence-corrected chi connectivity index (χ3v) is 4.79. The minimum Gasteiger partial charge on any atom is -0.353 e. The van der Waals surface area contributed by atoms with Gasteiger partial charge in [0.15, 0.2) is 9.84 Å². The summed E-state index contributed by atoms with van der Waals surface area (Å²) in [5, 5.41) is 3.34. The van der Waals surface area contributed by atoms with Crippen LogP contribution in [0.4, 0.5) is 0 Å². The van der Waals surface area contributed by atoms with E-state index in [2.05, 4.69) is 19.2 Å². The first-order valence-corrected chi connectivity index (χ1v) is 8.40. The maximum Gasteiger partial charge on any atom is 0.152 e.